The van der Waals surface area contributed by atoms with Crippen LogP contribution in [0.15, 0.2) is 0 Å². The number of ether oxygens (including phenoxy) is 1. The number of amides is 1. The molecular formula is C13H22F3N3O2. The van der Waals surface area contributed by atoms with Crippen LogP contribution in [0.4, 0.5) is 13.2 Å². The quantitative estimate of drug-likeness (QED) is 0.740. The van der Waals surface area contributed by atoms with E-state index in [2.05, 4.69) is 0 Å². The molecule has 0 saturated carbocycles. The SMILES string of the molecule is C[C@H]1CN(C(=O)[C@H]2CN(C)CCO2)CCN1CC(F)(F)F. The van der Waals surface area contributed by atoms with Gasteiger partial charge in [-0.1, -0.05) is 0 Å². The molecule has 2 rings (SSSR count). The molecule has 8 heteroatoms. The van der Waals surface area contributed by atoms with Crippen LogP contribution in [-0.2, 0) is 9.53 Å². The molecule has 2 fully saturated rings. The van der Waals surface area contributed by atoms with Crippen LogP contribution in [-0.4, -0.2) is 91.9 Å². The first-order valence-corrected chi connectivity index (χ1v) is 7.16. The molecule has 2 aliphatic rings. The molecule has 122 valence electrons. The van der Waals surface area contributed by atoms with Gasteiger partial charge in [-0.05, 0) is 14.0 Å². The minimum atomic E-state index is -4.20. The highest BCUT2D eigenvalue weighted by Crippen LogP contribution is 2.21. The van der Waals surface area contributed by atoms with Crippen molar-refractivity contribution in [3.05, 3.63) is 0 Å². The van der Waals surface area contributed by atoms with Crippen molar-refractivity contribution in [2.24, 2.45) is 0 Å². The van der Waals surface area contributed by atoms with Crippen molar-refractivity contribution in [2.45, 2.75) is 25.2 Å². The number of carbonyl (C=O) groups is 1. The Labute approximate surface area is 122 Å². The predicted octanol–water partition coefficient (Wildman–Crippen LogP) is 0.412. The molecule has 0 aromatic rings. The van der Waals surface area contributed by atoms with E-state index in [0.717, 1.165) is 6.54 Å². The van der Waals surface area contributed by atoms with Crippen molar-refractivity contribution in [3.8, 4) is 0 Å². The lowest BCUT2D eigenvalue weighted by molar-refractivity contribution is -0.162. The Morgan fingerprint density at radius 1 is 1.24 bits per heavy atom. The first-order valence-electron chi connectivity index (χ1n) is 7.16. The number of likely N-dealkylation sites (N-methyl/N-ethyl adjacent to an activating group) is 1. The second kappa shape index (κ2) is 6.50. The number of hydrogen-bond donors (Lipinski definition) is 0. The standard InChI is InChI=1S/C13H22F3N3O2/c1-10-7-18(3-4-19(10)9-13(14,15)16)12(20)11-8-17(2)5-6-21-11/h10-11H,3-9H2,1-2H3/t10-,11+/m0/s1. The van der Waals surface area contributed by atoms with Gasteiger partial charge in [-0.25, -0.2) is 0 Å². The second-order valence-corrected chi connectivity index (χ2v) is 5.84. The highest BCUT2D eigenvalue weighted by Gasteiger charge is 2.37. The second-order valence-electron chi connectivity index (χ2n) is 5.84. The normalized spacial score (nSPS) is 29.7. The Kier molecular flexibility index (Phi) is 5.11. The van der Waals surface area contributed by atoms with Crippen LogP contribution >= 0.6 is 0 Å². The molecule has 1 amide bonds. The summed E-state index contributed by atoms with van der Waals surface area (Å²) >= 11 is 0. The zero-order valence-corrected chi connectivity index (χ0v) is 12.4. The van der Waals surface area contributed by atoms with E-state index in [4.69, 9.17) is 4.74 Å². The Balaban J connectivity index is 1.88. The van der Waals surface area contributed by atoms with Gasteiger partial charge in [0.15, 0.2) is 0 Å². The summed E-state index contributed by atoms with van der Waals surface area (Å²) in [5.41, 5.74) is 0. The van der Waals surface area contributed by atoms with Gasteiger partial charge in [0.05, 0.1) is 13.2 Å². The molecule has 21 heavy (non-hydrogen) atoms. The number of piperazine rings is 1. The highest BCUT2D eigenvalue weighted by atomic mass is 19.4. The fraction of sp³-hybridized carbons (Fsp3) is 0.923. The van der Waals surface area contributed by atoms with Gasteiger partial charge >= 0.3 is 6.18 Å². The van der Waals surface area contributed by atoms with Crippen LogP contribution in [0.1, 0.15) is 6.92 Å². The molecule has 2 heterocycles. The van der Waals surface area contributed by atoms with Crippen LogP contribution in [0, 0.1) is 0 Å². The Hall–Kier alpha value is -0.860. The van der Waals surface area contributed by atoms with Crippen LogP contribution < -0.4 is 0 Å². The van der Waals surface area contributed by atoms with Gasteiger partial charge in [-0.15, -0.1) is 0 Å². The van der Waals surface area contributed by atoms with E-state index in [-0.39, 0.29) is 18.5 Å². The number of nitrogens with zero attached hydrogens (tertiary/aromatic N) is 3. The first-order chi connectivity index (χ1) is 9.76. The molecule has 0 spiro atoms. The first kappa shape index (κ1) is 16.5. The number of rotatable bonds is 2. The van der Waals surface area contributed by atoms with Gasteiger partial charge in [-0.3, -0.25) is 9.69 Å². The largest absolute Gasteiger partial charge is 0.401 e. The third-order valence-electron chi connectivity index (χ3n) is 4.00. The maximum absolute atomic E-state index is 12.5. The van der Waals surface area contributed by atoms with Crippen LogP contribution in [0.3, 0.4) is 0 Å². The molecule has 2 saturated heterocycles. The number of hydrogen-bond acceptors (Lipinski definition) is 4. The van der Waals surface area contributed by atoms with Gasteiger partial charge in [0, 0.05) is 38.8 Å². The lowest BCUT2D eigenvalue weighted by Gasteiger charge is -2.42. The van der Waals surface area contributed by atoms with Gasteiger partial charge in [0.1, 0.15) is 6.10 Å². The molecule has 0 unspecified atom stereocenters. The summed E-state index contributed by atoms with van der Waals surface area (Å²) in [6, 6.07) is -0.300. The van der Waals surface area contributed by atoms with Crippen LogP contribution in [0.2, 0.25) is 0 Å². The molecule has 0 N–H and O–H groups in total. The molecule has 0 radical (unpaired) electrons. The van der Waals surface area contributed by atoms with Crippen LogP contribution in [0.5, 0.6) is 0 Å². The van der Waals surface area contributed by atoms with Crippen molar-refractivity contribution < 1.29 is 22.7 Å². The van der Waals surface area contributed by atoms with E-state index in [9.17, 15) is 18.0 Å². The monoisotopic (exact) mass is 309 g/mol. The summed E-state index contributed by atoms with van der Waals surface area (Å²) < 4.78 is 42.8. The summed E-state index contributed by atoms with van der Waals surface area (Å²) in [5, 5.41) is 0. The minimum Gasteiger partial charge on any atom is -0.366 e. The zero-order valence-electron chi connectivity index (χ0n) is 12.4. The number of halogens is 3. The fourth-order valence-corrected chi connectivity index (χ4v) is 2.79. The fourth-order valence-electron chi connectivity index (χ4n) is 2.79. The number of carbonyl (C=O) groups excluding carboxylic acids is 1. The summed E-state index contributed by atoms with van der Waals surface area (Å²) in [5.74, 6) is -0.111. The predicted molar refractivity (Wildman–Crippen MR) is 70.9 cm³/mol. The topological polar surface area (TPSA) is 36.0 Å². The Morgan fingerprint density at radius 3 is 2.52 bits per heavy atom. The van der Waals surface area contributed by atoms with Crippen molar-refractivity contribution >= 4 is 5.91 Å². The van der Waals surface area contributed by atoms with Crippen molar-refractivity contribution in [1.29, 1.82) is 0 Å². The summed E-state index contributed by atoms with van der Waals surface area (Å²) in [4.78, 5) is 17.4. The minimum absolute atomic E-state index is 0.111. The summed E-state index contributed by atoms with van der Waals surface area (Å²) in [7, 11) is 1.92. The van der Waals surface area contributed by atoms with Crippen molar-refractivity contribution in [3.63, 3.8) is 0 Å². The number of alkyl halides is 3. The smallest absolute Gasteiger partial charge is 0.366 e. The van der Waals surface area contributed by atoms with E-state index in [0.29, 0.717) is 26.2 Å². The highest BCUT2D eigenvalue weighted by molar-refractivity contribution is 5.81. The third-order valence-corrected chi connectivity index (χ3v) is 4.00. The summed E-state index contributed by atoms with van der Waals surface area (Å²) in [6.45, 7) is 3.53. The van der Waals surface area contributed by atoms with E-state index >= 15 is 0 Å². The maximum Gasteiger partial charge on any atom is 0.401 e. The average molecular weight is 309 g/mol. The van der Waals surface area contributed by atoms with E-state index < -0.39 is 18.8 Å². The molecule has 2 aliphatic heterocycles. The van der Waals surface area contributed by atoms with Gasteiger partial charge < -0.3 is 14.5 Å². The van der Waals surface area contributed by atoms with E-state index in [1.165, 1.54) is 4.90 Å². The molecular weight excluding hydrogens is 287 g/mol. The third kappa shape index (κ3) is 4.55. The van der Waals surface area contributed by atoms with E-state index in [1.807, 2.05) is 11.9 Å². The molecule has 5 nitrogen and oxygen atoms in total. The van der Waals surface area contributed by atoms with Crippen molar-refractivity contribution in [2.75, 3.05) is 52.9 Å². The van der Waals surface area contributed by atoms with Crippen molar-refractivity contribution in [1.82, 2.24) is 14.7 Å². The summed E-state index contributed by atoms with van der Waals surface area (Å²) in [6.07, 6.45) is -4.69. The average Bonchev–Trinajstić information content (AvgIpc) is 2.39. The van der Waals surface area contributed by atoms with Gasteiger partial charge in [-0.2, -0.15) is 13.2 Å². The zero-order chi connectivity index (χ0) is 15.6. The molecule has 0 aromatic heterocycles. The lowest BCUT2D eigenvalue weighted by Crippen LogP contribution is -2.59. The maximum atomic E-state index is 12.5. The molecule has 0 aromatic carbocycles. The number of morpholine rings is 1. The Morgan fingerprint density at radius 2 is 1.95 bits per heavy atom. The van der Waals surface area contributed by atoms with Gasteiger partial charge in [0.25, 0.3) is 5.91 Å². The van der Waals surface area contributed by atoms with Crippen LogP contribution in [0.25, 0.3) is 0 Å². The lowest BCUT2D eigenvalue weighted by atomic mass is 10.1. The van der Waals surface area contributed by atoms with E-state index in [1.54, 1.807) is 11.8 Å². The molecule has 0 aliphatic carbocycles. The molecule has 2 atom stereocenters. The molecule has 0 bridgehead atoms. The van der Waals surface area contributed by atoms with Gasteiger partial charge in [0.2, 0.25) is 0 Å². The Bertz CT molecular complexity index is 378.